The monoisotopic (exact) mass is 330 g/mol. The van der Waals surface area contributed by atoms with Gasteiger partial charge in [0.15, 0.2) is 11.3 Å². The van der Waals surface area contributed by atoms with E-state index in [9.17, 15) is 4.79 Å². The van der Waals surface area contributed by atoms with Crippen LogP contribution in [0.1, 0.15) is 18.2 Å². The molecule has 2 rings (SSSR count). The lowest BCUT2D eigenvalue weighted by Gasteiger charge is -2.22. The Labute approximate surface area is 136 Å². The summed E-state index contributed by atoms with van der Waals surface area (Å²) >= 11 is 7.13. The van der Waals surface area contributed by atoms with Crippen molar-refractivity contribution in [1.29, 1.82) is 5.26 Å². The standard InChI is InChI=1S/C15H11ClN4OS/c1-3-15(2,10-4-6-11(16)7-5-10)12-8-22-14(19-12)20-13(21)18-9-17/h1,4-8H,2H3,(H2,18,19,20,21). The van der Waals surface area contributed by atoms with E-state index in [0.717, 1.165) is 5.56 Å². The van der Waals surface area contributed by atoms with E-state index in [-0.39, 0.29) is 0 Å². The second-order valence-corrected chi connectivity index (χ2v) is 5.80. The van der Waals surface area contributed by atoms with Gasteiger partial charge in [-0.2, -0.15) is 5.26 Å². The van der Waals surface area contributed by atoms with E-state index in [1.807, 2.05) is 24.4 Å². The topological polar surface area (TPSA) is 77.8 Å². The highest BCUT2D eigenvalue weighted by Crippen LogP contribution is 2.33. The molecule has 0 bridgehead atoms. The first kappa shape index (κ1) is 15.8. The van der Waals surface area contributed by atoms with Gasteiger partial charge >= 0.3 is 6.03 Å². The molecule has 0 aliphatic rings. The highest BCUT2D eigenvalue weighted by molar-refractivity contribution is 7.14. The van der Waals surface area contributed by atoms with E-state index < -0.39 is 11.4 Å². The van der Waals surface area contributed by atoms with Gasteiger partial charge in [-0.3, -0.25) is 5.32 Å². The molecule has 1 aromatic heterocycles. The minimum atomic E-state index is -0.743. The highest BCUT2D eigenvalue weighted by atomic mass is 35.5. The number of hydrogen-bond acceptors (Lipinski definition) is 4. The van der Waals surface area contributed by atoms with E-state index in [1.54, 1.807) is 17.5 Å². The molecule has 0 saturated heterocycles. The number of carbonyl (C=O) groups is 1. The number of aromatic nitrogens is 1. The molecular formula is C15H11ClN4OS. The Morgan fingerprint density at radius 3 is 2.73 bits per heavy atom. The number of benzene rings is 1. The zero-order chi connectivity index (χ0) is 16.2. The summed E-state index contributed by atoms with van der Waals surface area (Å²) in [4.78, 5) is 15.7. The average molecular weight is 331 g/mol. The number of nitrogens with one attached hydrogen (secondary N) is 2. The fourth-order valence-corrected chi connectivity index (χ4v) is 2.77. The normalized spacial score (nSPS) is 12.5. The fraction of sp³-hybridized carbons (Fsp3) is 0.133. The maximum atomic E-state index is 11.3. The quantitative estimate of drug-likeness (QED) is 0.514. The molecule has 0 aliphatic heterocycles. The van der Waals surface area contributed by atoms with Crippen molar-refractivity contribution in [2.45, 2.75) is 12.3 Å². The average Bonchev–Trinajstić information content (AvgIpc) is 2.96. The van der Waals surface area contributed by atoms with Crippen molar-refractivity contribution in [3.05, 3.63) is 45.9 Å². The molecule has 7 heteroatoms. The molecule has 22 heavy (non-hydrogen) atoms. The summed E-state index contributed by atoms with van der Waals surface area (Å²) in [7, 11) is 0. The van der Waals surface area contributed by atoms with Gasteiger partial charge in [0.25, 0.3) is 0 Å². The van der Waals surface area contributed by atoms with Crippen LogP contribution in [0.2, 0.25) is 5.02 Å². The number of nitrogens with zero attached hydrogens (tertiary/aromatic N) is 2. The molecule has 2 aromatic rings. The predicted molar refractivity (Wildman–Crippen MR) is 86.6 cm³/mol. The van der Waals surface area contributed by atoms with Gasteiger partial charge in [0.05, 0.1) is 11.1 Å². The number of urea groups is 1. The lowest BCUT2D eigenvalue weighted by atomic mass is 9.81. The third-order valence-electron chi connectivity index (χ3n) is 3.12. The van der Waals surface area contributed by atoms with Crippen molar-refractivity contribution >= 4 is 34.1 Å². The van der Waals surface area contributed by atoms with Crippen LogP contribution in [0, 0.1) is 23.8 Å². The van der Waals surface area contributed by atoms with Crippen molar-refractivity contribution in [3.63, 3.8) is 0 Å². The maximum Gasteiger partial charge on any atom is 0.334 e. The van der Waals surface area contributed by atoms with Crippen LogP contribution in [0.15, 0.2) is 29.6 Å². The van der Waals surface area contributed by atoms with Crippen LogP contribution in [0.5, 0.6) is 0 Å². The van der Waals surface area contributed by atoms with Crippen LogP contribution in [0.3, 0.4) is 0 Å². The van der Waals surface area contributed by atoms with Gasteiger partial charge in [-0.25, -0.2) is 15.1 Å². The number of amides is 2. The molecule has 1 atom stereocenters. The number of anilines is 1. The van der Waals surface area contributed by atoms with Crippen LogP contribution in [-0.2, 0) is 5.41 Å². The van der Waals surface area contributed by atoms with Gasteiger partial charge in [-0.05, 0) is 24.6 Å². The summed E-state index contributed by atoms with van der Waals surface area (Å²) in [6.45, 7) is 1.87. The summed E-state index contributed by atoms with van der Waals surface area (Å²) in [5, 5.41) is 15.6. The largest absolute Gasteiger partial charge is 0.334 e. The Kier molecular flexibility index (Phi) is 4.67. The van der Waals surface area contributed by atoms with Gasteiger partial charge in [0.2, 0.25) is 0 Å². The van der Waals surface area contributed by atoms with Crippen LogP contribution in [-0.4, -0.2) is 11.0 Å². The van der Waals surface area contributed by atoms with E-state index in [1.165, 1.54) is 17.5 Å². The minimum absolute atomic E-state index is 0.359. The Morgan fingerprint density at radius 2 is 2.14 bits per heavy atom. The molecule has 1 heterocycles. The Balaban J connectivity index is 2.31. The second kappa shape index (κ2) is 6.48. The van der Waals surface area contributed by atoms with Gasteiger partial charge in [-0.1, -0.05) is 29.7 Å². The van der Waals surface area contributed by atoms with Crippen molar-refractivity contribution in [2.75, 3.05) is 5.32 Å². The third kappa shape index (κ3) is 3.20. The number of thiazole rings is 1. The fourth-order valence-electron chi connectivity index (χ4n) is 1.83. The van der Waals surface area contributed by atoms with Gasteiger partial charge in [-0.15, -0.1) is 17.8 Å². The molecule has 0 radical (unpaired) electrons. The molecule has 0 spiro atoms. The Hall–Kier alpha value is -2.54. The molecule has 2 N–H and O–H groups in total. The van der Waals surface area contributed by atoms with Crippen molar-refractivity contribution < 1.29 is 4.79 Å². The number of carbonyl (C=O) groups excluding carboxylic acids is 1. The Bertz CT molecular complexity index is 772. The summed E-state index contributed by atoms with van der Waals surface area (Å²) in [5.74, 6) is 2.74. The van der Waals surface area contributed by atoms with Crippen molar-refractivity contribution in [3.8, 4) is 18.5 Å². The second-order valence-electron chi connectivity index (χ2n) is 4.51. The molecule has 0 saturated carbocycles. The number of nitriles is 1. The molecule has 0 aliphatic carbocycles. The molecule has 0 fully saturated rings. The SMILES string of the molecule is C#CC(C)(c1ccc(Cl)cc1)c1csc(NC(=O)NC#N)n1. The first-order valence-corrected chi connectivity index (χ1v) is 7.41. The predicted octanol–water partition coefficient (Wildman–Crippen LogP) is 3.34. The van der Waals surface area contributed by atoms with Crippen molar-refractivity contribution in [2.24, 2.45) is 0 Å². The first-order valence-electron chi connectivity index (χ1n) is 6.15. The Morgan fingerprint density at radius 1 is 1.45 bits per heavy atom. The third-order valence-corrected chi connectivity index (χ3v) is 4.13. The lowest BCUT2D eigenvalue weighted by molar-refractivity contribution is 0.255. The number of terminal acetylenes is 1. The smallest absolute Gasteiger partial charge is 0.283 e. The molecule has 1 aromatic carbocycles. The van der Waals surface area contributed by atoms with Crippen LogP contribution in [0.4, 0.5) is 9.93 Å². The van der Waals surface area contributed by atoms with Gasteiger partial charge in [0, 0.05) is 10.4 Å². The highest BCUT2D eigenvalue weighted by Gasteiger charge is 2.29. The molecule has 2 amide bonds. The molecule has 110 valence electrons. The molecular weight excluding hydrogens is 320 g/mol. The van der Waals surface area contributed by atoms with Gasteiger partial charge < -0.3 is 0 Å². The lowest BCUT2D eigenvalue weighted by Crippen LogP contribution is -2.25. The molecule has 1 unspecified atom stereocenters. The van der Waals surface area contributed by atoms with E-state index in [4.69, 9.17) is 23.3 Å². The zero-order valence-electron chi connectivity index (χ0n) is 11.6. The summed E-state index contributed by atoms with van der Waals surface area (Å²) < 4.78 is 0. The number of hydrogen-bond donors (Lipinski definition) is 2. The van der Waals surface area contributed by atoms with E-state index >= 15 is 0 Å². The number of rotatable bonds is 3. The van der Waals surface area contributed by atoms with Crippen molar-refractivity contribution in [1.82, 2.24) is 10.3 Å². The van der Waals surface area contributed by atoms with E-state index in [0.29, 0.717) is 15.8 Å². The summed E-state index contributed by atoms with van der Waals surface area (Å²) in [6.07, 6.45) is 7.24. The molecule has 5 nitrogen and oxygen atoms in total. The maximum absolute atomic E-state index is 11.3. The minimum Gasteiger partial charge on any atom is -0.283 e. The first-order chi connectivity index (χ1) is 10.5. The summed E-state index contributed by atoms with van der Waals surface area (Å²) in [5.41, 5.74) is 0.763. The van der Waals surface area contributed by atoms with Crippen LogP contribution < -0.4 is 10.6 Å². The zero-order valence-corrected chi connectivity index (χ0v) is 13.1. The van der Waals surface area contributed by atoms with E-state index in [2.05, 4.69) is 16.2 Å². The summed E-state index contributed by atoms with van der Waals surface area (Å²) in [6, 6.07) is 6.57. The van der Waals surface area contributed by atoms with Crippen LogP contribution in [0.25, 0.3) is 0 Å². The van der Waals surface area contributed by atoms with Crippen LogP contribution >= 0.6 is 22.9 Å². The van der Waals surface area contributed by atoms with Gasteiger partial charge in [0.1, 0.15) is 0 Å². The number of halogens is 1.